The topological polar surface area (TPSA) is 127 Å². The van der Waals surface area contributed by atoms with Crippen LogP contribution in [-0.2, 0) is 19.0 Å². The van der Waals surface area contributed by atoms with Crippen LogP contribution in [0.4, 0.5) is 17.1 Å². The van der Waals surface area contributed by atoms with Crippen LogP contribution >= 0.6 is 9.24 Å². The Morgan fingerprint density at radius 3 is 2.56 bits per heavy atom. The zero-order valence-electron chi connectivity index (χ0n) is 28.9. The van der Waals surface area contributed by atoms with Gasteiger partial charge in [-0.15, -0.1) is 9.24 Å². The number of pyridine rings is 1. The largest absolute Gasteiger partial charge is 0.395 e. The minimum absolute atomic E-state index is 0.163. The molecule has 12 heteroatoms. The van der Waals surface area contributed by atoms with Gasteiger partial charge in [-0.2, -0.15) is 10.4 Å². The Balaban J connectivity index is 1.24. The van der Waals surface area contributed by atoms with Gasteiger partial charge in [-0.25, -0.2) is 4.98 Å². The highest BCUT2D eigenvalue weighted by atomic mass is 31.0. The molecule has 0 saturated carbocycles. The number of aromatic nitrogens is 4. The van der Waals surface area contributed by atoms with E-state index in [1.54, 1.807) is 17.1 Å². The molecule has 1 saturated heterocycles. The van der Waals surface area contributed by atoms with E-state index in [0.717, 1.165) is 70.8 Å². The number of anilines is 3. The second kappa shape index (κ2) is 14.8. The fraction of sp³-hybridized carbons (Fsp3) is 0.316. The molecule has 256 valence electrons. The summed E-state index contributed by atoms with van der Waals surface area (Å²) in [6.07, 6.45) is 7.32. The van der Waals surface area contributed by atoms with Crippen LogP contribution < -0.4 is 15.9 Å². The Labute approximate surface area is 295 Å². The van der Waals surface area contributed by atoms with Gasteiger partial charge in [0, 0.05) is 75.5 Å². The van der Waals surface area contributed by atoms with Crippen LogP contribution in [0.2, 0.25) is 0 Å². The predicted octanol–water partition coefficient (Wildman–Crippen LogP) is 4.18. The van der Waals surface area contributed by atoms with Crippen molar-refractivity contribution in [2.45, 2.75) is 32.7 Å². The molecule has 1 aliphatic rings. The normalized spacial score (nSPS) is 13.9. The van der Waals surface area contributed by atoms with Crippen LogP contribution in [0.5, 0.6) is 0 Å². The molecular weight excluding hydrogens is 645 g/mol. The average molecular weight is 688 g/mol. The summed E-state index contributed by atoms with van der Waals surface area (Å²) in [6, 6.07) is 15.9. The molecule has 11 nitrogen and oxygen atoms in total. The Bertz CT molecular complexity index is 2140. The van der Waals surface area contributed by atoms with E-state index >= 15 is 0 Å². The van der Waals surface area contributed by atoms with Crippen molar-refractivity contribution in [1.82, 2.24) is 29.0 Å². The second-order valence-electron chi connectivity index (χ2n) is 13.2. The number of aryl methyl sites for hydroxylation is 1. The van der Waals surface area contributed by atoms with Crippen molar-refractivity contribution in [1.29, 1.82) is 5.26 Å². The minimum atomic E-state index is -0.734. The Hall–Kier alpha value is -5.03. The number of nitrogens with one attached hydrogen (secondary N) is 2. The number of amides is 1. The summed E-state index contributed by atoms with van der Waals surface area (Å²) in [5.74, 6) is 6.29. The minimum Gasteiger partial charge on any atom is -0.395 e. The number of nitriles is 1. The zero-order chi connectivity index (χ0) is 35.4. The standard InChI is InChI=1S/C38H42N9O2P/c1-26-28(7-8-33-22-40-36-34(6-5-9-47(33)36)42-32-21-41-44(4)24-32)18-29(19-35(26)50)37(49)43-31-17-27(16-30(20-31)38(2,3)25-39)23-46-12-10-45(11-13-46)14-15-48/h5-6,9,16-22,24,42,48H,10-15,23,50H2,1-4H3,(H,43,49). The molecular formula is C38H42N9O2P. The molecule has 1 amide bonds. The molecule has 2 aromatic carbocycles. The number of carbonyl (C=O) groups is 1. The van der Waals surface area contributed by atoms with Crippen LogP contribution in [0, 0.1) is 30.1 Å². The van der Waals surface area contributed by atoms with Crippen LogP contribution in [0.15, 0.2) is 67.3 Å². The fourth-order valence-electron chi connectivity index (χ4n) is 6.03. The molecule has 50 heavy (non-hydrogen) atoms. The smallest absolute Gasteiger partial charge is 0.255 e. The lowest BCUT2D eigenvalue weighted by molar-refractivity contribution is 0.102. The summed E-state index contributed by atoms with van der Waals surface area (Å²) in [5, 5.41) is 30.8. The highest BCUT2D eigenvalue weighted by molar-refractivity contribution is 7.27. The highest BCUT2D eigenvalue weighted by Crippen LogP contribution is 2.28. The summed E-state index contributed by atoms with van der Waals surface area (Å²) in [6.45, 7) is 10.9. The van der Waals surface area contributed by atoms with Crippen LogP contribution in [0.3, 0.4) is 0 Å². The molecule has 3 N–H and O–H groups in total. The van der Waals surface area contributed by atoms with Gasteiger partial charge in [-0.3, -0.25) is 23.7 Å². The molecule has 1 fully saturated rings. The van der Waals surface area contributed by atoms with Gasteiger partial charge in [0.25, 0.3) is 5.91 Å². The molecule has 6 rings (SSSR count). The SMILES string of the molecule is Cc1c(P)cc(C(=O)Nc2cc(CN3CCN(CCO)CC3)cc(C(C)(C)C#N)c2)cc1C#Cc1cnc2c(Nc3cnn(C)c3)cccn12. The lowest BCUT2D eigenvalue weighted by atomic mass is 9.85. The lowest BCUT2D eigenvalue weighted by Gasteiger charge is -2.34. The number of nitrogens with zero attached hydrogens (tertiary/aromatic N) is 7. The summed E-state index contributed by atoms with van der Waals surface area (Å²) >= 11 is 0. The molecule has 0 spiro atoms. The van der Waals surface area contributed by atoms with Gasteiger partial charge in [0.1, 0.15) is 5.69 Å². The number of aliphatic hydroxyl groups is 1. The number of β-amino-alcohol motifs (C(OH)–C–C–N with tert-alkyl or cyclic N) is 1. The van der Waals surface area contributed by atoms with E-state index in [1.165, 1.54) is 0 Å². The quantitative estimate of drug-likeness (QED) is 0.156. The van der Waals surface area contributed by atoms with E-state index in [1.807, 2.05) is 81.0 Å². The first-order chi connectivity index (χ1) is 24.0. The fourth-order valence-corrected chi connectivity index (χ4v) is 6.36. The van der Waals surface area contributed by atoms with E-state index in [4.69, 9.17) is 0 Å². The van der Waals surface area contributed by atoms with E-state index in [-0.39, 0.29) is 12.5 Å². The molecule has 0 aliphatic carbocycles. The molecule has 5 aromatic rings. The summed E-state index contributed by atoms with van der Waals surface area (Å²) in [5.41, 5.74) is 7.13. The van der Waals surface area contributed by atoms with Crippen molar-refractivity contribution in [3.63, 3.8) is 0 Å². The van der Waals surface area contributed by atoms with Crippen molar-refractivity contribution in [2.24, 2.45) is 7.05 Å². The van der Waals surface area contributed by atoms with Gasteiger partial charge in [0.05, 0.1) is 41.9 Å². The van der Waals surface area contributed by atoms with E-state index in [9.17, 15) is 15.2 Å². The van der Waals surface area contributed by atoms with E-state index < -0.39 is 5.41 Å². The molecule has 4 heterocycles. The van der Waals surface area contributed by atoms with Crippen LogP contribution in [0.1, 0.15) is 52.2 Å². The number of aliphatic hydroxyl groups excluding tert-OH is 1. The van der Waals surface area contributed by atoms with Crippen LogP contribution in [-0.4, -0.2) is 79.3 Å². The maximum Gasteiger partial charge on any atom is 0.255 e. The van der Waals surface area contributed by atoms with Gasteiger partial charge in [-0.1, -0.05) is 12.0 Å². The molecule has 0 bridgehead atoms. The molecule has 1 atom stereocenters. The van der Waals surface area contributed by atoms with E-state index in [0.29, 0.717) is 30.0 Å². The van der Waals surface area contributed by atoms with Gasteiger partial charge in [0.15, 0.2) is 5.65 Å². The predicted molar refractivity (Wildman–Crippen MR) is 200 cm³/mol. The van der Waals surface area contributed by atoms with E-state index in [2.05, 4.69) is 63.7 Å². The van der Waals surface area contributed by atoms with Gasteiger partial charge >= 0.3 is 0 Å². The average Bonchev–Trinajstić information content (AvgIpc) is 3.72. The second-order valence-corrected chi connectivity index (χ2v) is 13.8. The third kappa shape index (κ3) is 7.89. The van der Waals surface area contributed by atoms with Crippen molar-refractivity contribution in [3.05, 3.63) is 101 Å². The highest BCUT2D eigenvalue weighted by Gasteiger charge is 2.23. The van der Waals surface area contributed by atoms with Gasteiger partial charge in [-0.05, 0) is 85.1 Å². The molecule has 0 radical (unpaired) electrons. The Kier molecular flexibility index (Phi) is 10.3. The van der Waals surface area contributed by atoms with Crippen molar-refractivity contribution >= 4 is 43.2 Å². The first-order valence-electron chi connectivity index (χ1n) is 16.6. The Morgan fingerprint density at radius 1 is 1.06 bits per heavy atom. The monoisotopic (exact) mass is 687 g/mol. The number of rotatable bonds is 9. The number of fused-ring (bicyclic) bond motifs is 1. The number of carbonyl (C=O) groups excluding carboxylic acids is 1. The third-order valence-corrected chi connectivity index (χ3v) is 9.69. The maximum atomic E-state index is 13.8. The van der Waals surface area contributed by atoms with Crippen molar-refractivity contribution < 1.29 is 9.90 Å². The number of piperazine rings is 1. The van der Waals surface area contributed by atoms with Crippen molar-refractivity contribution in [3.8, 4) is 17.9 Å². The summed E-state index contributed by atoms with van der Waals surface area (Å²) in [7, 11) is 4.59. The summed E-state index contributed by atoms with van der Waals surface area (Å²) in [4.78, 5) is 23.0. The number of hydrogen-bond acceptors (Lipinski definition) is 8. The Morgan fingerprint density at radius 2 is 1.84 bits per heavy atom. The first-order valence-corrected chi connectivity index (χ1v) is 17.2. The molecule has 1 aliphatic heterocycles. The van der Waals surface area contributed by atoms with Crippen LogP contribution in [0.25, 0.3) is 5.65 Å². The molecule has 1 unspecified atom stereocenters. The lowest BCUT2D eigenvalue weighted by Crippen LogP contribution is -2.46. The molecule has 3 aromatic heterocycles. The number of benzene rings is 2. The number of imidazole rings is 1. The first kappa shape index (κ1) is 34.8. The van der Waals surface area contributed by atoms with Gasteiger partial charge < -0.3 is 15.7 Å². The number of hydrogen-bond donors (Lipinski definition) is 3. The zero-order valence-corrected chi connectivity index (χ0v) is 30.0. The van der Waals surface area contributed by atoms with Crippen molar-refractivity contribution in [2.75, 3.05) is 50.0 Å². The van der Waals surface area contributed by atoms with Gasteiger partial charge in [0.2, 0.25) is 0 Å². The maximum absolute atomic E-state index is 13.8. The summed E-state index contributed by atoms with van der Waals surface area (Å²) < 4.78 is 3.67. The third-order valence-electron chi connectivity index (χ3n) is 9.09.